The van der Waals surface area contributed by atoms with Crippen molar-refractivity contribution in [2.45, 2.75) is 51.4 Å². The van der Waals surface area contributed by atoms with Gasteiger partial charge in [-0.15, -0.1) is 0 Å². The molecular formula is C48H39Cl2N. The lowest BCUT2D eigenvalue weighted by atomic mass is 9.79. The van der Waals surface area contributed by atoms with Gasteiger partial charge in [-0.25, -0.2) is 0 Å². The van der Waals surface area contributed by atoms with Crippen molar-refractivity contribution < 1.29 is 0 Å². The largest absolute Gasteiger partial charge is 0.310 e. The topological polar surface area (TPSA) is 3.24 Å². The van der Waals surface area contributed by atoms with Crippen molar-refractivity contribution in [2.24, 2.45) is 0 Å². The summed E-state index contributed by atoms with van der Waals surface area (Å²) in [7, 11) is 0. The summed E-state index contributed by atoms with van der Waals surface area (Å²) in [6.07, 6.45) is 9.07. The first-order valence-corrected chi connectivity index (χ1v) is 18.6. The standard InChI is InChI=1S/C48H39Cl2N/c1-47(2)42-27-37(23-24-38(42)39-28-44-40(29-43(39)47)41-25-34(49)26-45(50)46(41)48(44,3)4)51(35-19-15-32(16-20-35)30-11-7-5-8-12-30)36-21-17-33(18-22-36)31-13-9-6-10-14-31/h5,7-9,11-29H,6,10H2,1-4H3. The van der Waals surface area contributed by atoms with E-state index in [1.165, 1.54) is 55.6 Å². The summed E-state index contributed by atoms with van der Waals surface area (Å²) >= 11 is 13.4. The SMILES string of the molecule is CC1(C)c2cc(N(c3ccc(C4=CCCC=C4)cc3)c3ccc(-c4ccccc4)cc3)ccc2-c2cc3c(cc21)-c1cc(Cl)cc(Cl)c1C3(C)C. The van der Waals surface area contributed by atoms with Crippen LogP contribution in [-0.4, -0.2) is 0 Å². The monoisotopic (exact) mass is 699 g/mol. The average molecular weight is 701 g/mol. The number of anilines is 3. The quantitative estimate of drug-likeness (QED) is 0.173. The maximum atomic E-state index is 6.86. The van der Waals surface area contributed by atoms with Crippen molar-refractivity contribution in [3.8, 4) is 33.4 Å². The number of nitrogens with zero attached hydrogens (tertiary/aromatic N) is 1. The fraction of sp³-hybridized carbons (Fsp3) is 0.167. The molecule has 6 aromatic carbocycles. The molecule has 250 valence electrons. The van der Waals surface area contributed by atoms with Crippen LogP contribution in [0.25, 0.3) is 39.0 Å². The molecule has 0 bridgehead atoms. The minimum absolute atomic E-state index is 0.211. The van der Waals surface area contributed by atoms with E-state index in [1.807, 2.05) is 6.07 Å². The minimum atomic E-state index is -0.230. The van der Waals surface area contributed by atoms with Gasteiger partial charge in [-0.2, -0.15) is 0 Å². The Morgan fingerprint density at radius 2 is 1.10 bits per heavy atom. The number of fused-ring (bicyclic) bond motifs is 6. The Hall–Kier alpha value is -4.82. The van der Waals surface area contributed by atoms with E-state index in [0.29, 0.717) is 5.02 Å². The lowest BCUT2D eigenvalue weighted by molar-refractivity contribution is 0.652. The number of hydrogen-bond donors (Lipinski definition) is 0. The summed E-state index contributed by atoms with van der Waals surface area (Å²) < 4.78 is 0. The number of rotatable bonds is 5. The first-order chi connectivity index (χ1) is 24.6. The van der Waals surface area contributed by atoms with Gasteiger partial charge in [0.15, 0.2) is 0 Å². The van der Waals surface area contributed by atoms with Crippen LogP contribution in [0.5, 0.6) is 0 Å². The normalized spacial score (nSPS) is 15.8. The molecule has 9 rings (SSSR count). The predicted octanol–water partition coefficient (Wildman–Crippen LogP) is 14.5. The molecule has 3 heteroatoms. The summed E-state index contributed by atoms with van der Waals surface area (Å²) in [5.41, 5.74) is 18.0. The van der Waals surface area contributed by atoms with Gasteiger partial charge in [0.05, 0.1) is 0 Å². The molecule has 0 N–H and O–H groups in total. The molecule has 3 aliphatic rings. The van der Waals surface area contributed by atoms with Crippen molar-refractivity contribution >= 4 is 45.8 Å². The van der Waals surface area contributed by atoms with Crippen molar-refractivity contribution in [3.05, 3.63) is 177 Å². The van der Waals surface area contributed by atoms with Gasteiger partial charge in [0, 0.05) is 37.9 Å². The molecule has 0 fully saturated rings. The maximum Gasteiger partial charge on any atom is 0.0467 e. The Kier molecular flexibility index (Phi) is 7.48. The second-order valence-electron chi connectivity index (χ2n) is 15.2. The van der Waals surface area contributed by atoms with Gasteiger partial charge in [0.1, 0.15) is 0 Å². The van der Waals surface area contributed by atoms with Crippen molar-refractivity contribution in [2.75, 3.05) is 4.90 Å². The third kappa shape index (κ3) is 5.13. The number of allylic oxidation sites excluding steroid dienone is 4. The Morgan fingerprint density at radius 3 is 1.76 bits per heavy atom. The van der Waals surface area contributed by atoms with Gasteiger partial charge in [0.25, 0.3) is 0 Å². The van der Waals surface area contributed by atoms with E-state index in [9.17, 15) is 0 Å². The molecule has 3 aliphatic carbocycles. The zero-order chi connectivity index (χ0) is 35.1. The molecule has 0 saturated heterocycles. The fourth-order valence-electron chi connectivity index (χ4n) is 8.72. The summed E-state index contributed by atoms with van der Waals surface area (Å²) in [6, 6.07) is 44.4. The summed E-state index contributed by atoms with van der Waals surface area (Å²) in [5, 5.41) is 1.41. The first-order valence-electron chi connectivity index (χ1n) is 17.9. The highest BCUT2D eigenvalue weighted by Crippen LogP contribution is 2.58. The van der Waals surface area contributed by atoms with E-state index in [1.54, 1.807) is 0 Å². The van der Waals surface area contributed by atoms with Crippen LogP contribution in [0.2, 0.25) is 10.0 Å². The molecule has 1 nitrogen and oxygen atoms in total. The van der Waals surface area contributed by atoms with Crippen LogP contribution in [0, 0.1) is 0 Å². The first kappa shape index (κ1) is 32.1. The van der Waals surface area contributed by atoms with E-state index in [4.69, 9.17) is 23.2 Å². The zero-order valence-electron chi connectivity index (χ0n) is 29.4. The van der Waals surface area contributed by atoms with Crippen LogP contribution in [0.1, 0.15) is 68.4 Å². The van der Waals surface area contributed by atoms with Gasteiger partial charge in [-0.1, -0.05) is 130 Å². The van der Waals surface area contributed by atoms with Gasteiger partial charge in [-0.05, 0) is 140 Å². The van der Waals surface area contributed by atoms with Crippen molar-refractivity contribution in [3.63, 3.8) is 0 Å². The van der Waals surface area contributed by atoms with E-state index in [0.717, 1.165) is 46.1 Å². The number of hydrogen-bond acceptors (Lipinski definition) is 1. The number of halogens is 2. The predicted molar refractivity (Wildman–Crippen MR) is 218 cm³/mol. The number of benzene rings is 6. The highest BCUT2D eigenvalue weighted by molar-refractivity contribution is 6.36. The van der Waals surface area contributed by atoms with Gasteiger partial charge in [-0.3, -0.25) is 0 Å². The highest BCUT2D eigenvalue weighted by atomic mass is 35.5. The second-order valence-corrected chi connectivity index (χ2v) is 16.0. The summed E-state index contributed by atoms with van der Waals surface area (Å²) in [5.74, 6) is 0. The third-order valence-electron chi connectivity index (χ3n) is 11.4. The molecule has 0 atom stereocenters. The van der Waals surface area contributed by atoms with E-state index >= 15 is 0 Å². The zero-order valence-corrected chi connectivity index (χ0v) is 30.9. The highest BCUT2D eigenvalue weighted by Gasteiger charge is 2.43. The summed E-state index contributed by atoms with van der Waals surface area (Å²) in [6.45, 7) is 9.28. The average Bonchev–Trinajstić information content (AvgIpc) is 3.51. The van der Waals surface area contributed by atoms with Crippen LogP contribution in [0.15, 0.2) is 140 Å². The molecule has 0 aromatic heterocycles. The van der Waals surface area contributed by atoms with Crippen LogP contribution in [-0.2, 0) is 10.8 Å². The molecule has 6 aromatic rings. The molecule has 0 saturated carbocycles. The molecule has 0 unspecified atom stereocenters. The minimum Gasteiger partial charge on any atom is -0.310 e. The molecular weight excluding hydrogens is 661 g/mol. The van der Waals surface area contributed by atoms with Crippen LogP contribution in [0.4, 0.5) is 17.1 Å². The van der Waals surface area contributed by atoms with E-state index in [-0.39, 0.29) is 10.8 Å². The molecule has 0 radical (unpaired) electrons. The smallest absolute Gasteiger partial charge is 0.0467 e. The Morgan fingerprint density at radius 1 is 0.510 bits per heavy atom. The third-order valence-corrected chi connectivity index (χ3v) is 11.9. The molecule has 0 heterocycles. The maximum absolute atomic E-state index is 6.86. The molecule has 0 spiro atoms. The lowest BCUT2D eigenvalue weighted by Gasteiger charge is -2.28. The van der Waals surface area contributed by atoms with Crippen LogP contribution in [0.3, 0.4) is 0 Å². The van der Waals surface area contributed by atoms with Crippen molar-refractivity contribution in [1.29, 1.82) is 0 Å². The molecule has 51 heavy (non-hydrogen) atoms. The molecule has 0 aliphatic heterocycles. The van der Waals surface area contributed by atoms with Crippen molar-refractivity contribution in [1.82, 2.24) is 0 Å². The van der Waals surface area contributed by atoms with Gasteiger partial charge < -0.3 is 4.90 Å². The van der Waals surface area contributed by atoms with E-state index < -0.39 is 0 Å². The Balaban J connectivity index is 1.16. The summed E-state index contributed by atoms with van der Waals surface area (Å²) in [4.78, 5) is 2.40. The lowest BCUT2D eigenvalue weighted by Crippen LogP contribution is -2.17. The van der Waals surface area contributed by atoms with Gasteiger partial charge >= 0.3 is 0 Å². The van der Waals surface area contributed by atoms with E-state index in [2.05, 4.69) is 166 Å². The fourth-order valence-corrected chi connectivity index (χ4v) is 9.44. The second kappa shape index (κ2) is 11.9. The molecule has 0 amide bonds. The Labute approximate surface area is 311 Å². The Bertz CT molecular complexity index is 2410. The van der Waals surface area contributed by atoms with Gasteiger partial charge in [0.2, 0.25) is 0 Å². The van der Waals surface area contributed by atoms with Crippen LogP contribution < -0.4 is 4.90 Å². The van der Waals surface area contributed by atoms with Crippen LogP contribution >= 0.6 is 23.2 Å².